The number of rotatable bonds is 2. The molecule has 104 valence electrons. The SMILES string of the molecule is CNCC1(O)c2ccccc2COc2ccc(F)cc21. The molecule has 1 aliphatic heterocycles. The van der Waals surface area contributed by atoms with E-state index >= 15 is 0 Å². The first kappa shape index (κ1) is 13.1. The summed E-state index contributed by atoms with van der Waals surface area (Å²) < 4.78 is 19.3. The van der Waals surface area contributed by atoms with Crippen LogP contribution in [0.25, 0.3) is 0 Å². The standard InChI is InChI=1S/C16H16FNO2/c1-18-10-16(19)13-5-3-2-4-11(13)9-20-15-7-6-12(17)8-14(15)16/h2-8,18-19H,9-10H2,1H3. The smallest absolute Gasteiger partial charge is 0.131 e. The topological polar surface area (TPSA) is 41.5 Å². The zero-order valence-electron chi connectivity index (χ0n) is 11.2. The van der Waals surface area contributed by atoms with Crippen LogP contribution in [0.1, 0.15) is 16.7 Å². The van der Waals surface area contributed by atoms with Crippen LogP contribution in [0.4, 0.5) is 4.39 Å². The quantitative estimate of drug-likeness (QED) is 0.881. The Morgan fingerprint density at radius 1 is 1.25 bits per heavy atom. The highest BCUT2D eigenvalue weighted by atomic mass is 19.1. The van der Waals surface area contributed by atoms with Gasteiger partial charge in [0.2, 0.25) is 0 Å². The molecule has 0 aliphatic carbocycles. The van der Waals surface area contributed by atoms with E-state index in [0.717, 1.165) is 11.1 Å². The van der Waals surface area contributed by atoms with Crippen molar-refractivity contribution in [2.24, 2.45) is 0 Å². The Balaban J connectivity index is 2.27. The van der Waals surface area contributed by atoms with Crippen LogP contribution >= 0.6 is 0 Å². The summed E-state index contributed by atoms with van der Waals surface area (Å²) in [7, 11) is 1.76. The van der Waals surface area contributed by atoms with Crippen molar-refractivity contribution in [3.05, 3.63) is 65.0 Å². The number of aliphatic hydroxyl groups is 1. The van der Waals surface area contributed by atoms with Crippen molar-refractivity contribution in [2.75, 3.05) is 13.6 Å². The Kier molecular flexibility index (Phi) is 3.20. The number of fused-ring (bicyclic) bond motifs is 2. The zero-order valence-corrected chi connectivity index (χ0v) is 11.2. The summed E-state index contributed by atoms with van der Waals surface area (Å²) in [6, 6.07) is 11.8. The van der Waals surface area contributed by atoms with Crippen molar-refractivity contribution in [2.45, 2.75) is 12.2 Å². The molecule has 1 heterocycles. The highest BCUT2D eigenvalue weighted by Gasteiger charge is 2.37. The number of nitrogens with one attached hydrogen (secondary N) is 1. The van der Waals surface area contributed by atoms with E-state index < -0.39 is 5.60 Å². The summed E-state index contributed by atoms with van der Waals surface area (Å²) in [5.74, 6) is 0.126. The summed E-state index contributed by atoms with van der Waals surface area (Å²) in [6.07, 6.45) is 0. The molecule has 0 fully saturated rings. The van der Waals surface area contributed by atoms with Crippen LogP contribution in [0.5, 0.6) is 5.75 Å². The van der Waals surface area contributed by atoms with E-state index in [4.69, 9.17) is 4.74 Å². The molecular formula is C16H16FNO2. The minimum Gasteiger partial charge on any atom is -0.488 e. The minimum atomic E-state index is -1.31. The van der Waals surface area contributed by atoms with E-state index in [1.807, 2.05) is 24.3 Å². The van der Waals surface area contributed by atoms with Crippen LogP contribution in [-0.4, -0.2) is 18.7 Å². The van der Waals surface area contributed by atoms with Gasteiger partial charge >= 0.3 is 0 Å². The molecule has 0 spiro atoms. The summed E-state index contributed by atoms with van der Waals surface area (Å²) >= 11 is 0. The highest BCUT2D eigenvalue weighted by Crippen LogP contribution is 2.40. The predicted molar refractivity (Wildman–Crippen MR) is 74.1 cm³/mol. The Labute approximate surface area is 117 Å². The van der Waals surface area contributed by atoms with Gasteiger partial charge in [0.15, 0.2) is 0 Å². The molecule has 1 atom stereocenters. The lowest BCUT2D eigenvalue weighted by molar-refractivity contribution is 0.0812. The lowest BCUT2D eigenvalue weighted by Gasteiger charge is -2.29. The maximum atomic E-state index is 13.6. The van der Waals surface area contributed by atoms with Crippen molar-refractivity contribution in [3.63, 3.8) is 0 Å². The van der Waals surface area contributed by atoms with E-state index in [9.17, 15) is 9.50 Å². The predicted octanol–water partition coefficient (Wildman–Crippen LogP) is 2.17. The molecule has 3 nitrogen and oxygen atoms in total. The first-order valence-electron chi connectivity index (χ1n) is 6.53. The third-order valence-electron chi connectivity index (χ3n) is 3.67. The Morgan fingerprint density at radius 3 is 2.85 bits per heavy atom. The third kappa shape index (κ3) is 1.97. The van der Waals surface area contributed by atoms with Crippen LogP contribution in [0, 0.1) is 5.82 Å². The summed E-state index contributed by atoms with van der Waals surface area (Å²) in [4.78, 5) is 0. The molecule has 20 heavy (non-hydrogen) atoms. The van der Waals surface area contributed by atoms with Gasteiger partial charge in [-0.2, -0.15) is 0 Å². The average molecular weight is 273 g/mol. The van der Waals surface area contributed by atoms with Gasteiger partial charge in [-0.3, -0.25) is 0 Å². The molecular weight excluding hydrogens is 257 g/mol. The minimum absolute atomic E-state index is 0.282. The van der Waals surface area contributed by atoms with Crippen LogP contribution in [0.2, 0.25) is 0 Å². The maximum absolute atomic E-state index is 13.6. The van der Waals surface area contributed by atoms with E-state index in [-0.39, 0.29) is 12.4 Å². The van der Waals surface area contributed by atoms with Gasteiger partial charge in [0.05, 0.1) is 0 Å². The summed E-state index contributed by atoms with van der Waals surface area (Å²) in [5.41, 5.74) is 0.802. The second-order valence-electron chi connectivity index (χ2n) is 4.98. The molecule has 0 bridgehead atoms. The molecule has 0 amide bonds. The lowest BCUT2D eigenvalue weighted by atomic mass is 9.83. The van der Waals surface area contributed by atoms with E-state index in [2.05, 4.69) is 5.32 Å². The second-order valence-corrected chi connectivity index (χ2v) is 4.98. The van der Waals surface area contributed by atoms with Gasteiger partial charge in [0, 0.05) is 12.1 Å². The van der Waals surface area contributed by atoms with Gasteiger partial charge in [-0.15, -0.1) is 0 Å². The number of benzene rings is 2. The van der Waals surface area contributed by atoms with Gasteiger partial charge in [0.25, 0.3) is 0 Å². The molecule has 0 radical (unpaired) electrons. The molecule has 2 aromatic rings. The average Bonchev–Trinajstić information content (AvgIpc) is 2.57. The fraction of sp³-hybridized carbons (Fsp3) is 0.250. The van der Waals surface area contributed by atoms with Gasteiger partial charge in [-0.25, -0.2) is 4.39 Å². The van der Waals surface area contributed by atoms with Crippen molar-refractivity contribution in [1.82, 2.24) is 5.32 Å². The van der Waals surface area contributed by atoms with Crippen LogP contribution in [-0.2, 0) is 12.2 Å². The highest BCUT2D eigenvalue weighted by molar-refractivity contribution is 5.49. The van der Waals surface area contributed by atoms with Crippen molar-refractivity contribution < 1.29 is 14.2 Å². The zero-order chi connectivity index (χ0) is 14.2. The fourth-order valence-corrected chi connectivity index (χ4v) is 2.75. The molecule has 0 aromatic heterocycles. The van der Waals surface area contributed by atoms with Crippen LogP contribution in [0.3, 0.4) is 0 Å². The maximum Gasteiger partial charge on any atom is 0.131 e. The number of ether oxygens (including phenoxy) is 1. The Hall–Kier alpha value is -1.91. The second kappa shape index (κ2) is 4.89. The molecule has 2 N–H and O–H groups in total. The number of halogens is 1. The molecule has 3 rings (SSSR count). The third-order valence-corrected chi connectivity index (χ3v) is 3.67. The first-order chi connectivity index (χ1) is 9.65. The Morgan fingerprint density at radius 2 is 2.05 bits per heavy atom. The van der Waals surface area contributed by atoms with E-state index in [1.54, 1.807) is 13.1 Å². The summed E-state index contributed by atoms with van der Waals surface area (Å²) in [6.45, 7) is 0.644. The van der Waals surface area contributed by atoms with Crippen LogP contribution < -0.4 is 10.1 Å². The molecule has 0 saturated heterocycles. The fourth-order valence-electron chi connectivity index (χ4n) is 2.75. The molecule has 4 heteroatoms. The number of likely N-dealkylation sites (N-methyl/N-ethyl adjacent to an activating group) is 1. The Bertz CT molecular complexity index is 644. The van der Waals surface area contributed by atoms with E-state index in [0.29, 0.717) is 17.9 Å². The largest absolute Gasteiger partial charge is 0.488 e. The number of hydrogen-bond donors (Lipinski definition) is 2. The normalized spacial score (nSPS) is 20.6. The van der Waals surface area contributed by atoms with E-state index in [1.165, 1.54) is 12.1 Å². The molecule has 0 saturated carbocycles. The molecule has 1 aliphatic rings. The van der Waals surface area contributed by atoms with Crippen molar-refractivity contribution in [3.8, 4) is 5.75 Å². The monoisotopic (exact) mass is 273 g/mol. The summed E-state index contributed by atoms with van der Waals surface area (Å²) in [5, 5.41) is 14.1. The number of hydrogen-bond acceptors (Lipinski definition) is 3. The lowest BCUT2D eigenvalue weighted by Crippen LogP contribution is -2.38. The van der Waals surface area contributed by atoms with Gasteiger partial charge in [-0.05, 0) is 36.4 Å². The van der Waals surface area contributed by atoms with Gasteiger partial charge < -0.3 is 15.2 Å². The van der Waals surface area contributed by atoms with Gasteiger partial charge in [0.1, 0.15) is 23.8 Å². The van der Waals surface area contributed by atoms with Crippen LogP contribution in [0.15, 0.2) is 42.5 Å². The first-order valence-corrected chi connectivity index (χ1v) is 6.53. The molecule has 1 unspecified atom stereocenters. The van der Waals surface area contributed by atoms with Gasteiger partial charge in [-0.1, -0.05) is 24.3 Å². The molecule has 2 aromatic carbocycles. The van der Waals surface area contributed by atoms with Crippen molar-refractivity contribution >= 4 is 0 Å². The van der Waals surface area contributed by atoms with Crippen molar-refractivity contribution in [1.29, 1.82) is 0 Å².